The molecule has 4 rings (SSSR count). The number of hydrogen-bond donors (Lipinski definition) is 6. The van der Waals surface area contributed by atoms with E-state index in [0.29, 0.717) is 21.2 Å². The van der Waals surface area contributed by atoms with Crippen LogP contribution in [0.3, 0.4) is 0 Å². The molecule has 0 amide bonds. The minimum Gasteiger partial charge on any atom is -0.481 e. The van der Waals surface area contributed by atoms with Crippen molar-refractivity contribution in [2.24, 2.45) is 0 Å². The van der Waals surface area contributed by atoms with Crippen molar-refractivity contribution in [2.75, 3.05) is 67.3 Å². The third kappa shape index (κ3) is 103. The molecule has 4 aromatic rings. The lowest BCUT2D eigenvalue weighted by Crippen LogP contribution is -2.28. The summed E-state index contributed by atoms with van der Waals surface area (Å²) in [6.45, 7) is 26.6. The fourth-order valence-electron chi connectivity index (χ4n) is 5.14. The third-order valence-electron chi connectivity index (χ3n) is 11.8. The molecule has 0 aliphatic rings. The minimum atomic E-state index is -0.876. The van der Waals surface area contributed by atoms with E-state index >= 15 is 0 Å². The predicted molar refractivity (Wildman–Crippen MR) is 687 cm³/mol. The molecule has 3 atom stereocenters. The van der Waals surface area contributed by atoms with Crippen LogP contribution in [-0.4, -0.2) is 220 Å². The molecule has 754 valence electrons. The van der Waals surface area contributed by atoms with E-state index in [0.717, 1.165) is 40.8 Å². The molecule has 0 aromatic heterocycles. The van der Waals surface area contributed by atoms with Gasteiger partial charge in [-0.15, -0.1) is 94.1 Å². The van der Waals surface area contributed by atoms with E-state index in [1.165, 1.54) is 282 Å². The van der Waals surface area contributed by atoms with Crippen molar-refractivity contribution in [2.45, 2.75) is 168 Å². The lowest BCUT2D eigenvalue weighted by Gasteiger charge is -2.18. The lowest BCUT2D eigenvalue weighted by molar-refractivity contribution is -0.139. The van der Waals surface area contributed by atoms with E-state index < -0.39 is 54.8 Å². The number of nitrogens with zero attached hydrogens (tertiary/aromatic N) is 6. The van der Waals surface area contributed by atoms with Crippen molar-refractivity contribution < 1.29 is 59.4 Å². The summed E-state index contributed by atoms with van der Waals surface area (Å²) in [6, 6.07) is 52.1. The Morgan fingerprint density at radius 2 is 0.445 bits per heavy atom. The fourth-order valence-corrected chi connectivity index (χ4v) is 29.0. The predicted octanol–water partition coefficient (Wildman–Crippen LogP) is 31.6. The summed E-state index contributed by atoms with van der Waals surface area (Å²) in [5.41, 5.74) is 0. The molecular formula is C83H104N6O12S36. The van der Waals surface area contributed by atoms with E-state index in [1.807, 2.05) is 234 Å². The summed E-state index contributed by atoms with van der Waals surface area (Å²) < 4.78 is 5.17. The highest BCUT2D eigenvalue weighted by atomic mass is 32.3. The van der Waals surface area contributed by atoms with Gasteiger partial charge >= 0.3 is 35.8 Å². The first kappa shape index (κ1) is 152. The van der Waals surface area contributed by atoms with Gasteiger partial charge in [0.25, 0.3) is 0 Å². The molecular weight excluding hydrogens is 2430 g/mol. The number of rotatable bonds is 22. The van der Waals surface area contributed by atoms with Crippen molar-refractivity contribution in [3.63, 3.8) is 0 Å². The van der Waals surface area contributed by atoms with Crippen LogP contribution >= 0.6 is 429 Å². The Labute approximate surface area is 977 Å². The Morgan fingerprint density at radius 1 is 0.270 bits per heavy atom. The van der Waals surface area contributed by atoms with Crippen molar-refractivity contribution >= 4 is 507 Å². The van der Waals surface area contributed by atoms with Crippen LogP contribution in [0.1, 0.15) is 104 Å². The SMILES string of the molecule is CC(C#N)SC(=S)Sc1ccccc1.CC(C)(C#N)SC(=S)Sc1ccccc1.CC(C)(SC(=S)Sc1ccccc1)C(=O)O.CSC(=S)SC(C)(C)C#N.CSC(=S)SC(C)(C)C#N.CSC(=S)SC(C)(C)C(=O)O.CSC(=S)SC(C)(C)C(=O)O.CSC(=S)SC(C)C#N.CSC(=S)SC(C)C#N.CSC(=S)SCC(=O)O.CSC(=S)SCC(=O)O.O=C(O)CSC(=S)Sc1ccccc1. The second-order valence-electron chi connectivity index (χ2n) is 25.9. The summed E-state index contributed by atoms with van der Waals surface area (Å²) >= 11 is 92.7. The van der Waals surface area contributed by atoms with Crippen molar-refractivity contribution in [3.8, 4) is 36.4 Å². The highest BCUT2D eigenvalue weighted by Gasteiger charge is 2.32. The Hall–Kier alpha value is 0.120. The monoisotopic (exact) mass is 2530 g/mol. The second kappa shape index (κ2) is 92.3. The number of carboxylic acid groups (broad SMARTS) is 6. The first-order valence-corrected chi connectivity index (χ1v) is 65.4. The molecule has 0 bridgehead atoms. The zero-order chi connectivity index (χ0) is 108. The lowest BCUT2D eigenvalue weighted by atomic mass is 10.2. The number of carbonyl (C=O) groups is 6. The van der Waals surface area contributed by atoms with Gasteiger partial charge < -0.3 is 30.6 Å². The van der Waals surface area contributed by atoms with Gasteiger partial charge in [0.1, 0.15) is 70.8 Å². The Balaban J connectivity index is -0.000000222. The number of nitriles is 6. The Morgan fingerprint density at radius 3 is 0.642 bits per heavy atom. The average molecular weight is 2530 g/mol. The van der Waals surface area contributed by atoms with Crippen LogP contribution in [0.4, 0.5) is 0 Å². The van der Waals surface area contributed by atoms with Gasteiger partial charge in [-0.3, -0.25) is 28.8 Å². The van der Waals surface area contributed by atoms with Crippen LogP contribution in [-0.2, 0) is 28.8 Å². The van der Waals surface area contributed by atoms with Crippen LogP contribution in [0.15, 0.2) is 141 Å². The van der Waals surface area contributed by atoms with Gasteiger partial charge in [0.15, 0.2) is 0 Å². The maximum atomic E-state index is 10.9. The molecule has 3 unspecified atom stereocenters. The molecule has 6 N–H and O–H groups in total. The normalized spacial score (nSPS) is 10.8. The summed E-state index contributed by atoms with van der Waals surface area (Å²) in [5.74, 6) is -4.84. The molecule has 0 radical (unpaired) electrons. The highest BCUT2D eigenvalue weighted by molar-refractivity contribution is 8.52. The quantitative estimate of drug-likeness (QED) is 0.0314. The Kier molecular flexibility index (Phi) is 103. The number of benzene rings is 4. The third-order valence-corrected chi connectivity index (χ3v) is 42.7. The smallest absolute Gasteiger partial charge is 0.319 e. The number of hydrogen-bond acceptors (Lipinski definition) is 48. The molecule has 0 spiro atoms. The van der Waals surface area contributed by atoms with Gasteiger partial charge in [-0.05, 0) is 202 Å². The van der Waals surface area contributed by atoms with Gasteiger partial charge in [-0.2, -0.15) is 31.6 Å². The minimum absolute atomic E-state index is 0.00931. The van der Waals surface area contributed by atoms with Gasteiger partial charge in [-0.1, -0.05) is 408 Å². The molecule has 0 saturated carbocycles. The van der Waals surface area contributed by atoms with Crippen molar-refractivity contribution in [3.05, 3.63) is 121 Å². The van der Waals surface area contributed by atoms with Gasteiger partial charge in [-0.25, -0.2) is 0 Å². The van der Waals surface area contributed by atoms with E-state index in [9.17, 15) is 28.8 Å². The summed E-state index contributed by atoms with van der Waals surface area (Å²) in [6.07, 6.45) is 15.0. The van der Waals surface area contributed by atoms with Crippen LogP contribution in [0.5, 0.6) is 0 Å². The van der Waals surface area contributed by atoms with E-state index in [2.05, 4.69) is 36.4 Å². The largest absolute Gasteiger partial charge is 0.481 e. The summed E-state index contributed by atoms with van der Waals surface area (Å²) in [7, 11) is 0. The Bertz CT molecular complexity index is 4550. The standard InChI is InChI=1S/C11H11NS3.C11H12O2S3.C10H9NS3.C9H8O2S3.2C6H9NS3.2C6H10O2S3.2C5H7NS3.2C4H6O2S3/c1-11(2,8-12)15-10(13)14-9-6-4-3-5-7-9;1-11(2,9(12)13)16-10(14)15-8-6-4-3-5-7-8;1-8(7-11)13-10(12)14-9-5-3-2-4-6-9;10-8(11)6-13-9(12)14-7-4-2-1-3-5-7;2*1-6(2,4-7)10-5(8)9-3;2*1-6(2,4(7)8)11-5(9)10-3;2*1-4(3-6)9-5(7)8-2;2*1-8-4(7)9-2-3(5)6/h3-7H,1-2H3;3-7H,1-2H3,(H,12,13);2-6,8H,1H3;1-5H,6H2,(H,10,11);2*1-3H3;2*1-3H3,(H,7,8);2*4H,1-2H3;2*2H2,1H3,(H,5,6). The molecule has 0 aliphatic heterocycles. The van der Waals surface area contributed by atoms with Crippen LogP contribution in [0, 0.1) is 68.0 Å². The zero-order valence-corrected chi connectivity index (χ0v) is 107. The molecule has 137 heavy (non-hydrogen) atoms. The van der Waals surface area contributed by atoms with Crippen molar-refractivity contribution in [1.82, 2.24) is 0 Å². The molecule has 4 aromatic carbocycles. The highest BCUT2D eigenvalue weighted by Crippen LogP contribution is 2.38. The maximum absolute atomic E-state index is 10.9. The molecule has 0 aliphatic carbocycles. The van der Waals surface area contributed by atoms with Gasteiger partial charge in [0.05, 0.1) is 69.4 Å². The number of thiocarbonyl (C=S) groups is 12. The zero-order valence-electron chi connectivity index (χ0n) is 77.9. The van der Waals surface area contributed by atoms with Crippen LogP contribution in [0.25, 0.3) is 0 Å². The van der Waals surface area contributed by atoms with Crippen molar-refractivity contribution in [1.29, 1.82) is 31.6 Å². The maximum Gasteiger partial charge on any atom is 0.319 e. The second-order valence-corrected chi connectivity index (χ2v) is 67.8. The van der Waals surface area contributed by atoms with Gasteiger partial charge in [0.2, 0.25) is 0 Å². The van der Waals surface area contributed by atoms with Crippen LogP contribution < -0.4 is 0 Å². The number of aliphatic carboxylic acids is 6. The summed E-state index contributed by atoms with van der Waals surface area (Å²) in [4.78, 5) is 66.5. The van der Waals surface area contributed by atoms with Crippen LogP contribution in [0.2, 0.25) is 0 Å². The molecule has 0 heterocycles. The number of thioether (sulfide) groups is 24. The van der Waals surface area contributed by atoms with E-state index in [-0.39, 0.29) is 42.5 Å². The number of carboxylic acids is 6. The average Bonchev–Trinajstić information content (AvgIpc) is 0.855. The topological polar surface area (TPSA) is 367 Å². The summed E-state index contributed by atoms with van der Waals surface area (Å²) in [5, 5.41) is 102. The van der Waals surface area contributed by atoms with E-state index in [4.69, 9.17) is 209 Å². The molecule has 0 saturated heterocycles. The molecule has 0 fully saturated rings. The molecule has 54 heteroatoms. The fraction of sp³-hybridized carbons (Fsp3) is 0.422. The molecule has 18 nitrogen and oxygen atoms in total. The first-order chi connectivity index (χ1) is 63.4. The first-order valence-electron chi connectivity index (χ1n) is 36.9. The van der Waals surface area contributed by atoms with Gasteiger partial charge in [0, 0.05) is 19.6 Å². The van der Waals surface area contributed by atoms with E-state index in [1.54, 1.807) is 41.5 Å².